The van der Waals surface area contributed by atoms with Gasteiger partial charge in [0.25, 0.3) is 0 Å². The quantitative estimate of drug-likeness (QED) is 0.701. The number of halogens is 1. The maximum atomic E-state index is 11.4. The minimum atomic E-state index is -0.726. The van der Waals surface area contributed by atoms with Gasteiger partial charge in [-0.15, -0.1) is 12.4 Å². The van der Waals surface area contributed by atoms with Crippen LogP contribution in [0, 0.1) is 0 Å². The van der Waals surface area contributed by atoms with E-state index in [1.165, 1.54) is 0 Å². The molecule has 0 spiro atoms. The first-order chi connectivity index (χ1) is 8.00. The minimum Gasteiger partial charge on any atom is -0.368 e. The van der Waals surface area contributed by atoms with Gasteiger partial charge in [0, 0.05) is 6.42 Å². The van der Waals surface area contributed by atoms with E-state index in [0.717, 1.165) is 5.56 Å². The smallest absolute Gasteiger partial charge is 0.240 e. The predicted molar refractivity (Wildman–Crippen MR) is 72.2 cm³/mol. The number of hydrogen-bond donors (Lipinski definition) is 3. The summed E-state index contributed by atoms with van der Waals surface area (Å²) in [5, 5.41) is 2.53. The molecule has 0 aliphatic heterocycles. The van der Waals surface area contributed by atoms with Crippen LogP contribution in [-0.2, 0) is 16.0 Å². The van der Waals surface area contributed by atoms with E-state index in [1.807, 2.05) is 30.3 Å². The number of carbonyl (C=O) groups is 2. The summed E-state index contributed by atoms with van der Waals surface area (Å²) >= 11 is 0. The molecule has 5 nitrogen and oxygen atoms in total. The molecule has 18 heavy (non-hydrogen) atoms. The Morgan fingerprint density at radius 3 is 2.28 bits per heavy atom. The molecular formula is C12H18ClN3O2. The molecule has 0 heterocycles. The minimum absolute atomic E-state index is 0. The maximum absolute atomic E-state index is 11.4. The molecule has 0 bridgehead atoms. The van der Waals surface area contributed by atoms with Gasteiger partial charge in [0.1, 0.15) is 6.04 Å². The summed E-state index contributed by atoms with van der Waals surface area (Å²) in [6.45, 7) is 1.55. The molecular weight excluding hydrogens is 254 g/mol. The Morgan fingerprint density at radius 1 is 1.28 bits per heavy atom. The van der Waals surface area contributed by atoms with Crippen molar-refractivity contribution in [3.8, 4) is 0 Å². The molecule has 0 saturated carbocycles. The van der Waals surface area contributed by atoms with E-state index in [2.05, 4.69) is 5.32 Å². The lowest BCUT2D eigenvalue weighted by Crippen LogP contribution is -2.50. The van der Waals surface area contributed by atoms with Crippen LogP contribution in [0.2, 0.25) is 0 Å². The number of nitrogens with two attached hydrogens (primary N) is 2. The van der Waals surface area contributed by atoms with E-state index in [4.69, 9.17) is 11.5 Å². The Morgan fingerprint density at radius 2 is 1.83 bits per heavy atom. The first-order valence-corrected chi connectivity index (χ1v) is 5.40. The van der Waals surface area contributed by atoms with Crippen molar-refractivity contribution in [1.82, 2.24) is 5.32 Å². The van der Waals surface area contributed by atoms with Gasteiger partial charge in [-0.1, -0.05) is 30.3 Å². The summed E-state index contributed by atoms with van der Waals surface area (Å²) in [6.07, 6.45) is 0.370. The molecule has 1 rings (SSSR count). The zero-order valence-electron chi connectivity index (χ0n) is 10.1. The fraction of sp³-hybridized carbons (Fsp3) is 0.333. The number of rotatable bonds is 5. The van der Waals surface area contributed by atoms with Gasteiger partial charge in [-0.05, 0) is 12.5 Å². The van der Waals surface area contributed by atoms with Gasteiger partial charge in [0.15, 0.2) is 0 Å². The summed E-state index contributed by atoms with van der Waals surface area (Å²) < 4.78 is 0. The van der Waals surface area contributed by atoms with Crippen LogP contribution >= 0.6 is 12.4 Å². The third kappa shape index (κ3) is 5.16. The van der Waals surface area contributed by atoms with E-state index in [1.54, 1.807) is 6.92 Å². The molecule has 0 fully saturated rings. The Kier molecular flexibility index (Phi) is 7.00. The van der Waals surface area contributed by atoms with Gasteiger partial charge in [-0.2, -0.15) is 0 Å². The molecule has 0 saturated heterocycles. The molecule has 100 valence electrons. The SMILES string of the molecule is C[C@@H](N)C(=O)NC(Cc1ccccc1)C(N)=O.Cl. The van der Waals surface area contributed by atoms with Crippen molar-refractivity contribution in [3.05, 3.63) is 35.9 Å². The van der Waals surface area contributed by atoms with Crippen molar-refractivity contribution in [1.29, 1.82) is 0 Å². The lowest BCUT2D eigenvalue weighted by atomic mass is 10.1. The van der Waals surface area contributed by atoms with E-state index in [0.29, 0.717) is 6.42 Å². The third-order valence-corrected chi connectivity index (χ3v) is 2.36. The number of primary amides is 1. The number of nitrogens with one attached hydrogen (secondary N) is 1. The third-order valence-electron chi connectivity index (χ3n) is 2.36. The highest BCUT2D eigenvalue weighted by Crippen LogP contribution is 2.03. The van der Waals surface area contributed by atoms with Gasteiger partial charge < -0.3 is 16.8 Å². The first kappa shape index (κ1) is 16.4. The topological polar surface area (TPSA) is 98.2 Å². The van der Waals surface area contributed by atoms with Gasteiger partial charge in [0.2, 0.25) is 11.8 Å². The molecule has 0 aliphatic rings. The van der Waals surface area contributed by atoms with E-state index < -0.39 is 18.0 Å². The Labute approximate surface area is 112 Å². The second-order valence-electron chi connectivity index (χ2n) is 3.94. The molecule has 0 radical (unpaired) electrons. The molecule has 1 aromatic carbocycles. The van der Waals surface area contributed by atoms with Gasteiger partial charge in [-0.25, -0.2) is 0 Å². The zero-order chi connectivity index (χ0) is 12.8. The number of benzene rings is 1. The van der Waals surface area contributed by atoms with Crippen LogP contribution in [-0.4, -0.2) is 23.9 Å². The summed E-state index contributed by atoms with van der Waals surface area (Å²) in [5.74, 6) is -0.951. The molecule has 0 aromatic heterocycles. The van der Waals surface area contributed by atoms with E-state index in [9.17, 15) is 9.59 Å². The molecule has 2 atom stereocenters. The monoisotopic (exact) mass is 271 g/mol. The number of carbonyl (C=O) groups excluding carboxylic acids is 2. The van der Waals surface area contributed by atoms with Crippen molar-refractivity contribution in [3.63, 3.8) is 0 Å². The largest absolute Gasteiger partial charge is 0.368 e. The second-order valence-corrected chi connectivity index (χ2v) is 3.94. The normalized spacial score (nSPS) is 13.0. The zero-order valence-corrected chi connectivity index (χ0v) is 10.9. The van der Waals surface area contributed by atoms with E-state index >= 15 is 0 Å². The summed E-state index contributed by atoms with van der Waals surface area (Å²) in [4.78, 5) is 22.6. The Bertz CT molecular complexity index is 396. The van der Waals surface area contributed by atoms with Crippen molar-refractivity contribution in [2.75, 3.05) is 0 Å². The van der Waals surface area contributed by atoms with Gasteiger partial charge in [-0.3, -0.25) is 9.59 Å². The second kappa shape index (κ2) is 7.68. The number of amides is 2. The Balaban J connectivity index is 0.00000289. The van der Waals surface area contributed by atoms with Crippen LogP contribution in [0.3, 0.4) is 0 Å². The van der Waals surface area contributed by atoms with Crippen LogP contribution in [0.4, 0.5) is 0 Å². The molecule has 1 aromatic rings. The average molecular weight is 272 g/mol. The van der Waals surface area contributed by atoms with Gasteiger partial charge in [0.05, 0.1) is 6.04 Å². The van der Waals surface area contributed by atoms with Crippen LogP contribution in [0.1, 0.15) is 12.5 Å². The van der Waals surface area contributed by atoms with Crippen LogP contribution in [0.5, 0.6) is 0 Å². The van der Waals surface area contributed by atoms with Gasteiger partial charge >= 0.3 is 0 Å². The number of hydrogen-bond acceptors (Lipinski definition) is 3. The summed E-state index contributed by atoms with van der Waals surface area (Å²) in [7, 11) is 0. The predicted octanol–water partition coefficient (Wildman–Crippen LogP) is -0.0318. The van der Waals surface area contributed by atoms with Crippen molar-refractivity contribution in [2.24, 2.45) is 11.5 Å². The molecule has 5 N–H and O–H groups in total. The summed E-state index contributed by atoms with van der Waals surface area (Å²) in [6, 6.07) is 7.95. The molecule has 6 heteroatoms. The average Bonchev–Trinajstić information content (AvgIpc) is 2.29. The lowest BCUT2D eigenvalue weighted by Gasteiger charge is -2.16. The van der Waals surface area contributed by atoms with Crippen LogP contribution < -0.4 is 16.8 Å². The summed E-state index contributed by atoms with van der Waals surface area (Å²) in [5.41, 5.74) is 11.6. The molecule has 1 unspecified atom stereocenters. The first-order valence-electron chi connectivity index (χ1n) is 5.40. The highest BCUT2D eigenvalue weighted by molar-refractivity contribution is 5.88. The van der Waals surface area contributed by atoms with Crippen LogP contribution in [0.25, 0.3) is 0 Å². The van der Waals surface area contributed by atoms with E-state index in [-0.39, 0.29) is 18.3 Å². The fourth-order valence-electron chi connectivity index (χ4n) is 1.38. The van der Waals surface area contributed by atoms with Crippen LogP contribution in [0.15, 0.2) is 30.3 Å². The molecule has 0 aliphatic carbocycles. The fourth-order valence-corrected chi connectivity index (χ4v) is 1.38. The highest BCUT2D eigenvalue weighted by Gasteiger charge is 2.19. The molecule has 2 amide bonds. The van der Waals surface area contributed by atoms with Crippen molar-refractivity contribution in [2.45, 2.75) is 25.4 Å². The maximum Gasteiger partial charge on any atom is 0.240 e. The lowest BCUT2D eigenvalue weighted by molar-refractivity contribution is -0.127. The Hall–Kier alpha value is -1.59. The standard InChI is InChI=1S/C12H17N3O2.ClH/c1-8(13)12(17)15-10(11(14)16)7-9-5-3-2-4-6-9;/h2-6,8,10H,7,13H2,1H3,(H2,14,16)(H,15,17);1H/t8-,10?;/m1./s1. The highest BCUT2D eigenvalue weighted by atomic mass is 35.5. The van der Waals surface area contributed by atoms with Crippen molar-refractivity contribution < 1.29 is 9.59 Å². The van der Waals surface area contributed by atoms with Crippen molar-refractivity contribution >= 4 is 24.2 Å².